The fourth-order valence-electron chi connectivity index (χ4n) is 2.53. The number of carbonyl (C=O) groups excluding carboxylic acids is 1. The monoisotopic (exact) mass is 380 g/mol. The highest BCUT2D eigenvalue weighted by Crippen LogP contribution is 2.31. The SMILES string of the molecule is CN(C)S(=O)(=O)c1cccc(NC(=O)[C@H]2Cc3cc(Cl)ccc3O2)c1. The number of nitrogens with zero attached hydrogens (tertiary/aromatic N) is 1. The summed E-state index contributed by atoms with van der Waals surface area (Å²) in [5.41, 5.74) is 1.27. The highest BCUT2D eigenvalue weighted by atomic mass is 35.5. The predicted octanol–water partition coefficient (Wildman–Crippen LogP) is 2.53. The van der Waals surface area contributed by atoms with E-state index in [-0.39, 0.29) is 10.8 Å². The van der Waals surface area contributed by atoms with Crippen molar-refractivity contribution in [3.05, 3.63) is 53.1 Å². The van der Waals surface area contributed by atoms with Crippen LogP contribution < -0.4 is 10.1 Å². The summed E-state index contributed by atoms with van der Waals surface area (Å²) < 4.78 is 31.1. The van der Waals surface area contributed by atoms with Gasteiger partial charge < -0.3 is 10.1 Å². The molecule has 1 heterocycles. The Labute approximate surface area is 151 Å². The third-order valence-corrected chi connectivity index (χ3v) is 5.92. The van der Waals surface area contributed by atoms with Crippen molar-refractivity contribution in [1.82, 2.24) is 4.31 Å². The van der Waals surface area contributed by atoms with Gasteiger partial charge in [-0.2, -0.15) is 0 Å². The van der Waals surface area contributed by atoms with Crippen LogP contribution in [0.15, 0.2) is 47.4 Å². The van der Waals surface area contributed by atoms with Gasteiger partial charge in [0.25, 0.3) is 5.91 Å². The number of sulfonamides is 1. The molecule has 25 heavy (non-hydrogen) atoms. The Kier molecular flexibility index (Phi) is 4.73. The molecule has 8 heteroatoms. The zero-order chi connectivity index (χ0) is 18.2. The van der Waals surface area contributed by atoms with Crippen LogP contribution in [0.2, 0.25) is 5.02 Å². The molecule has 0 bridgehead atoms. The lowest BCUT2D eigenvalue weighted by Gasteiger charge is -2.14. The first-order valence-corrected chi connectivity index (χ1v) is 9.38. The number of hydrogen-bond acceptors (Lipinski definition) is 4. The van der Waals surface area contributed by atoms with Gasteiger partial charge in [-0.25, -0.2) is 12.7 Å². The van der Waals surface area contributed by atoms with E-state index in [0.29, 0.717) is 22.9 Å². The summed E-state index contributed by atoms with van der Waals surface area (Å²) in [5.74, 6) is 0.292. The number of anilines is 1. The lowest BCUT2D eigenvalue weighted by atomic mass is 10.1. The lowest BCUT2D eigenvalue weighted by molar-refractivity contribution is -0.122. The molecule has 0 spiro atoms. The summed E-state index contributed by atoms with van der Waals surface area (Å²) in [4.78, 5) is 12.5. The Hall–Kier alpha value is -2.09. The Morgan fingerprint density at radius 1 is 1.24 bits per heavy atom. The van der Waals surface area contributed by atoms with Crippen molar-refractivity contribution in [2.45, 2.75) is 17.4 Å². The van der Waals surface area contributed by atoms with Crippen LogP contribution in [-0.2, 0) is 21.2 Å². The van der Waals surface area contributed by atoms with Gasteiger partial charge in [-0.1, -0.05) is 17.7 Å². The van der Waals surface area contributed by atoms with Gasteiger partial charge in [0.05, 0.1) is 4.90 Å². The normalized spacial score (nSPS) is 16.4. The fraction of sp³-hybridized carbons (Fsp3) is 0.235. The van der Waals surface area contributed by atoms with Gasteiger partial charge >= 0.3 is 0 Å². The molecule has 2 aromatic carbocycles. The van der Waals surface area contributed by atoms with E-state index in [0.717, 1.165) is 9.87 Å². The largest absolute Gasteiger partial charge is 0.480 e. The van der Waals surface area contributed by atoms with E-state index in [9.17, 15) is 13.2 Å². The first-order valence-electron chi connectivity index (χ1n) is 7.56. The molecule has 0 aromatic heterocycles. The smallest absolute Gasteiger partial charge is 0.265 e. The minimum atomic E-state index is -3.57. The summed E-state index contributed by atoms with van der Waals surface area (Å²) in [6, 6.07) is 11.3. The molecule has 0 saturated heterocycles. The van der Waals surface area contributed by atoms with E-state index < -0.39 is 16.1 Å². The Morgan fingerprint density at radius 2 is 2.00 bits per heavy atom. The van der Waals surface area contributed by atoms with E-state index in [2.05, 4.69) is 5.32 Å². The van der Waals surface area contributed by atoms with E-state index in [1.165, 1.54) is 26.2 Å². The molecule has 1 aliphatic rings. The van der Waals surface area contributed by atoms with Crippen LogP contribution >= 0.6 is 11.6 Å². The minimum Gasteiger partial charge on any atom is -0.480 e. The van der Waals surface area contributed by atoms with Crippen molar-refractivity contribution in [3.63, 3.8) is 0 Å². The van der Waals surface area contributed by atoms with Crippen molar-refractivity contribution in [1.29, 1.82) is 0 Å². The Balaban J connectivity index is 1.75. The second-order valence-electron chi connectivity index (χ2n) is 5.87. The molecule has 132 valence electrons. The number of rotatable bonds is 4. The molecule has 1 amide bonds. The van der Waals surface area contributed by atoms with Gasteiger partial charge in [-0.05, 0) is 42.0 Å². The Morgan fingerprint density at radius 3 is 2.72 bits per heavy atom. The first-order chi connectivity index (χ1) is 11.8. The summed E-state index contributed by atoms with van der Waals surface area (Å²) in [6.07, 6.45) is -0.264. The maximum Gasteiger partial charge on any atom is 0.265 e. The van der Waals surface area contributed by atoms with Crippen molar-refractivity contribution in [2.24, 2.45) is 0 Å². The number of carbonyl (C=O) groups is 1. The van der Waals surface area contributed by atoms with Crippen molar-refractivity contribution < 1.29 is 17.9 Å². The predicted molar refractivity (Wildman–Crippen MR) is 95.5 cm³/mol. The molecule has 3 rings (SSSR count). The summed E-state index contributed by atoms with van der Waals surface area (Å²) in [7, 11) is -0.659. The molecule has 0 saturated carbocycles. The van der Waals surface area contributed by atoms with Crippen molar-refractivity contribution in [2.75, 3.05) is 19.4 Å². The molecule has 0 fully saturated rings. The molecule has 0 radical (unpaired) electrons. The van der Waals surface area contributed by atoms with Crippen LogP contribution in [0.4, 0.5) is 5.69 Å². The fourth-order valence-corrected chi connectivity index (χ4v) is 3.67. The van der Waals surface area contributed by atoms with E-state index >= 15 is 0 Å². The molecule has 6 nitrogen and oxygen atoms in total. The average Bonchev–Trinajstić information content (AvgIpc) is 2.98. The third-order valence-electron chi connectivity index (χ3n) is 3.87. The first kappa shape index (κ1) is 17.7. The summed E-state index contributed by atoms with van der Waals surface area (Å²) >= 11 is 5.95. The van der Waals surface area contributed by atoms with Gasteiger partial charge in [0.1, 0.15) is 5.75 Å². The number of amides is 1. The van der Waals surface area contributed by atoms with Crippen molar-refractivity contribution in [3.8, 4) is 5.75 Å². The van der Waals surface area contributed by atoms with Crippen LogP contribution in [0.25, 0.3) is 0 Å². The van der Waals surface area contributed by atoms with E-state index in [4.69, 9.17) is 16.3 Å². The molecule has 1 atom stereocenters. The van der Waals surface area contributed by atoms with Gasteiger partial charge in [-0.15, -0.1) is 0 Å². The number of fused-ring (bicyclic) bond motifs is 1. The molecule has 0 unspecified atom stereocenters. The van der Waals surface area contributed by atoms with Gasteiger partial charge in [0.15, 0.2) is 6.10 Å². The van der Waals surface area contributed by atoms with Crippen LogP contribution in [0.1, 0.15) is 5.56 Å². The van der Waals surface area contributed by atoms with Gasteiger partial charge in [-0.3, -0.25) is 4.79 Å². The zero-order valence-electron chi connectivity index (χ0n) is 13.7. The third kappa shape index (κ3) is 3.63. The van der Waals surface area contributed by atoms with Gasteiger partial charge in [0.2, 0.25) is 10.0 Å². The quantitative estimate of drug-likeness (QED) is 0.884. The molecule has 2 aromatic rings. The summed E-state index contributed by atoms with van der Waals surface area (Å²) in [5, 5.41) is 3.29. The standard InChI is InChI=1S/C17H17ClN2O4S/c1-20(2)25(22,23)14-5-3-4-13(10-14)19-17(21)16-9-11-8-12(18)6-7-15(11)24-16/h3-8,10,16H,9H2,1-2H3,(H,19,21)/t16-/m1/s1. The minimum absolute atomic E-state index is 0.109. The van der Waals surface area contributed by atoms with Crippen molar-refractivity contribution >= 4 is 33.2 Å². The molecular weight excluding hydrogens is 364 g/mol. The molecular formula is C17H17ClN2O4S. The maximum absolute atomic E-state index is 12.4. The number of halogens is 1. The average molecular weight is 381 g/mol. The zero-order valence-corrected chi connectivity index (χ0v) is 15.3. The van der Waals surface area contributed by atoms with Crippen LogP contribution in [0, 0.1) is 0 Å². The van der Waals surface area contributed by atoms with Gasteiger partial charge in [0, 0.05) is 31.2 Å². The second-order valence-corrected chi connectivity index (χ2v) is 8.46. The number of nitrogens with one attached hydrogen (secondary N) is 1. The Bertz CT molecular complexity index is 928. The topological polar surface area (TPSA) is 75.7 Å². The lowest BCUT2D eigenvalue weighted by Crippen LogP contribution is -2.31. The number of ether oxygens (including phenoxy) is 1. The number of benzene rings is 2. The van der Waals surface area contributed by atoms with Crippen LogP contribution in [0.3, 0.4) is 0 Å². The highest BCUT2D eigenvalue weighted by Gasteiger charge is 2.29. The van der Waals surface area contributed by atoms with E-state index in [1.807, 2.05) is 0 Å². The molecule has 0 aliphatic carbocycles. The molecule has 1 aliphatic heterocycles. The maximum atomic E-state index is 12.4. The number of hydrogen-bond donors (Lipinski definition) is 1. The highest BCUT2D eigenvalue weighted by molar-refractivity contribution is 7.89. The van der Waals surface area contributed by atoms with Crippen LogP contribution in [-0.4, -0.2) is 38.8 Å². The van der Waals surface area contributed by atoms with E-state index in [1.54, 1.807) is 30.3 Å². The molecule has 1 N–H and O–H groups in total. The summed E-state index contributed by atoms with van der Waals surface area (Å²) in [6.45, 7) is 0. The van der Waals surface area contributed by atoms with Crippen LogP contribution in [0.5, 0.6) is 5.75 Å². The second kappa shape index (κ2) is 6.67.